The predicted octanol–water partition coefficient (Wildman–Crippen LogP) is 0.925. The number of fused-ring (bicyclic) bond motifs is 2. The molecule has 10 heteroatoms. The first-order valence-electron chi connectivity index (χ1n) is 9.95. The monoisotopic (exact) mass is 426 g/mol. The van der Waals surface area contributed by atoms with E-state index in [-0.39, 0.29) is 29.7 Å². The number of aromatic nitrogens is 3. The van der Waals surface area contributed by atoms with Gasteiger partial charge < -0.3 is 14.8 Å². The number of carbonyl (C=O) groups excluding carboxylic acids is 1. The predicted molar refractivity (Wildman–Crippen MR) is 114 cm³/mol. The van der Waals surface area contributed by atoms with Crippen LogP contribution in [0.2, 0.25) is 0 Å². The molecule has 10 nitrogen and oxygen atoms in total. The SMILES string of the molecule is CCn1c(=O)c2c(C(=O)Nc3ccc4c(c3)OCCO4)cc(=O)n(CC)c2n(C)c1=O. The zero-order valence-electron chi connectivity index (χ0n) is 17.4. The highest BCUT2D eigenvalue weighted by atomic mass is 16.6. The second kappa shape index (κ2) is 7.78. The average Bonchev–Trinajstić information content (AvgIpc) is 2.77. The lowest BCUT2D eigenvalue weighted by Gasteiger charge is -2.19. The van der Waals surface area contributed by atoms with Crippen LogP contribution in [0, 0.1) is 0 Å². The number of nitrogens with zero attached hydrogens (tertiary/aromatic N) is 3. The van der Waals surface area contributed by atoms with Gasteiger partial charge in [0.1, 0.15) is 18.9 Å². The van der Waals surface area contributed by atoms with Crippen molar-refractivity contribution in [2.24, 2.45) is 7.05 Å². The van der Waals surface area contributed by atoms with Crippen LogP contribution in [0.4, 0.5) is 5.69 Å². The van der Waals surface area contributed by atoms with Gasteiger partial charge in [0.15, 0.2) is 11.5 Å². The molecule has 1 aliphatic rings. The molecule has 31 heavy (non-hydrogen) atoms. The number of pyridine rings is 1. The number of anilines is 1. The van der Waals surface area contributed by atoms with E-state index in [0.717, 1.165) is 10.6 Å². The molecule has 1 aliphatic heterocycles. The van der Waals surface area contributed by atoms with Crippen LogP contribution in [-0.2, 0) is 20.1 Å². The number of aryl methyl sites for hydroxylation is 2. The fourth-order valence-electron chi connectivity index (χ4n) is 3.77. The van der Waals surface area contributed by atoms with Gasteiger partial charge in [0.2, 0.25) is 0 Å². The second-order valence-corrected chi connectivity index (χ2v) is 7.04. The fraction of sp³-hybridized carbons (Fsp3) is 0.333. The number of hydrogen-bond acceptors (Lipinski definition) is 6. The van der Waals surface area contributed by atoms with E-state index in [2.05, 4.69) is 5.32 Å². The Bertz CT molecular complexity index is 1380. The van der Waals surface area contributed by atoms with Crippen molar-refractivity contribution in [1.29, 1.82) is 0 Å². The van der Waals surface area contributed by atoms with Gasteiger partial charge in [0.05, 0.1) is 10.9 Å². The third-order valence-corrected chi connectivity index (χ3v) is 5.25. The Kier molecular flexibility index (Phi) is 5.14. The quantitative estimate of drug-likeness (QED) is 0.664. The molecular weight excluding hydrogens is 404 g/mol. The van der Waals surface area contributed by atoms with Gasteiger partial charge in [-0.3, -0.25) is 28.1 Å². The zero-order chi connectivity index (χ0) is 22.3. The molecule has 0 unspecified atom stereocenters. The molecule has 0 spiro atoms. The number of carbonyl (C=O) groups is 1. The van der Waals surface area contributed by atoms with Crippen LogP contribution in [0.25, 0.3) is 11.0 Å². The molecule has 3 aromatic rings. The number of amides is 1. The zero-order valence-corrected chi connectivity index (χ0v) is 17.4. The highest BCUT2D eigenvalue weighted by Gasteiger charge is 2.22. The van der Waals surface area contributed by atoms with Gasteiger partial charge in [-0.2, -0.15) is 0 Å². The Morgan fingerprint density at radius 2 is 1.68 bits per heavy atom. The summed E-state index contributed by atoms with van der Waals surface area (Å²) in [5.41, 5.74) is -1.21. The molecule has 4 rings (SSSR count). The van der Waals surface area contributed by atoms with E-state index < -0.39 is 22.7 Å². The number of benzene rings is 1. The van der Waals surface area contributed by atoms with Crippen LogP contribution in [0.3, 0.4) is 0 Å². The first kappa shape index (κ1) is 20.5. The summed E-state index contributed by atoms with van der Waals surface area (Å²) in [6.45, 7) is 4.61. The average molecular weight is 426 g/mol. The van der Waals surface area contributed by atoms with E-state index in [0.29, 0.717) is 30.4 Å². The van der Waals surface area contributed by atoms with Crippen molar-refractivity contribution < 1.29 is 14.3 Å². The molecular formula is C21H22N4O6. The second-order valence-electron chi connectivity index (χ2n) is 7.04. The van der Waals surface area contributed by atoms with Crippen molar-refractivity contribution in [1.82, 2.24) is 13.7 Å². The third kappa shape index (κ3) is 3.29. The summed E-state index contributed by atoms with van der Waals surface area (Å²) in [5, 5.41) is 2.72. The molecule has 1 aromatic carbocycles. The molecule has 0 bridgehead atoms. The molecule has 0 saturated carbocycles. The van der Waals surface area contributed by atoms with Crippen LogP contribution in [0.5, 0.6) is 11.5 Å². The first-order chi connectivity index (χ1) is 14.9. The van der Waals surface area contributed by atoms with Crippen molar-refractivity contribution in [3.8, 4) is 11.5 Å². The maximum atomic E-state index is 13.1. The maximum absolute atomic E-state index is 13.1. The van der Waals surface area contributed by atoms with Gasteiger partial charge in [-0.05, 0) is 26.0 Å². The molecule has 1 N–H and O–H groups in total. The van der Waals surface area contributed by atoms with Crippen molar-refractivity contribution in [2.45, 2.75) is 26.9 Å². The maximum Gasteiger partial charge on any atom is 0.332 e. The Labute approximate surface area is 176 Å². The van der Waals surface area contributed by atoms with Gasteiger partial charge in [0.25, 0.3) is 17.0 Å². The summed E-state index contributed by atoms with van der Waals surface area (Å²) in [5.74, 6) is 0.424. The topological polar surface area (TPSA) is 114 Å². The fourth-order valence-corrected chi connectivity index (χ4v) is 3.77. The summed E-state index contributed by atoms with van der Waals surface area (Å²) in [6.07, 6.45) is 0. The van der Waals surface area contributed by atoms with E-state index >= 15 is 0 Å². The third-order valence-electron chi connectivity index (χ3n) is 5.25. The van der Waals surface area contributed by atoms with Crippen molar-refractivity contribution in [3.63, 3.8) is 0 Å². The van der Waals surface area contributed by atoms with E-state index in [9.17, 15) is 19.2 Å². The van der Waals surface area contributed by atoms with Crippen LogP contribution in [-0.4, -0.2) is 32.8 Å². The molecule has 2 aromatic heterocycles. The number of nitrogens with one attached hydrogen (secondary N) is 1. The van der Waals surface area contributed by atoms with Crippen molar-refractivity contribution in [2.75, 3.05) is 18.5 Å². The van der Waals surface area contributed by atoms with Crippen LogP contribution >= 0.6 is 0 Å². The number of rotatable bonds is 4. The van der Waals surface area contributed by atoms with Gasteiger partial charge in [0, 0.05) is 38.0 Å². The van der Waals surface area contributed by atoms with Gasteiger partial charge in [-0.15, -0.1) is 0 Å². The highest BCUT2D eigenvalue weighted by molar-refractivity contribution is 6.11. The minimum absolute atomic E-state index is 0.0143. The smallest absolute Gasteiger partial charge is 0.332 e. The largest absolute Gasteiger partial charge is 0.486 e. The minimum Gasteiger partial charge on any atom is -0.486 e. The first-order valence-corrected chi connectivity index (χ1v) is 9.95. The van der Waals surface area contributed by atoms with E-state index in [1.807, 2.05) is 0 Å². The minimum atomic E-state index is -0.638. The molecule has 162 valence electrons. The normalized spacial score (nSPS) is 12.7. The summed E-state index contributed by atoms with van der Waals surface area (Å²) in [7, 11) is 1.48. The summed E-state index contributed by atoms with van der Waals surface area (Å²) in [6, 6.07) is 6.05. The van der Waals surface area contributed by atoms with Gasteiger partial charge >= 0.3 is 5.69 Å². The van der Waals surface area contributed by atoms with Gasteiger partial charge in [-0.25, -0.2) is 4.79 Å². The molecule has 0 atom stereocenters. The van der Waals surface area contributed by atoms with E-state index in [4.69, 9.17) is 9.47 Å². The molecule has 0 fully saturated rings. The highest BCUT2D eigenvalue weighted by Crippen LogP contribution is 2.32. The van der Waals surface area contributed by atoms with Gasteiger partial charge in [-0.1, -0.05) is 0 Å². The summed E-state index contributed by atoms with van der Waals surface area (Å²) < 4.78 is 14.6. The Hall–Kier alpha value is -3.82. The van der Waals surface area contributed by atoms with Crippen molar-refractivity contribution in [3.05, 3.63) is 61.0 Å². The molecule has 1 amide bonds. The Balaban J connectivity index is 1.90. The summed E-state index contributed by atoms with van der Waals surface area (Å²) >= 11 is 0. The molecule has 0 radical (unpaired) electrons. The molecule has 0 aliphatic carbocycles. The van der Waals surface area contributed by atoms with E-state index in [1.165, 1.54) is 16.2 Å². The van der Waals surface area contributed by atoms with Crippen LogP contribution < -0.4 is 31.6 Å². The van der Waals surface area contributed by atoms with Crippen LogP contribution in [0.15, 0.2) is 38.6 Å². The lowest BCUT2D eigenvalue weighted by Crippen LogP contribution is -2.42. The van der Waals surface area contributed by atoms with E-state index in [1.54, 1.807) is 32.0 Å². The summed E-state index contributed by atoms with van der Waals surface area (Å²) in [4.78, 5) is 51.5. The Morgan fingerprint density at radius 3 is 2.35 bits per heavy atom. The van der Waals surface area contributed by atoms with Crippen LogP contribution in [0.1, 0.15) is 24.2 Å². The molecule has 3 heterocycles. The lowest BCUT2D eigenvalue weighted by atomic mass is 10.1. The number of hydrogen-bond donors (Lipinski definition) is 1. The number of ether oxygens (including phenoxy) is 2. The lowest BCUT2D eigenvalue weighted by molar-refractivity contribution is 0.102. The standard InChI is InChI=1S/C21H22N4O6/c1-4-24-16(26)11-13(17-19(24)23(3)21(29)25(5-2)20(17)28)18(27)22-12-6-7-14-15(10-12)31-9-8-30-14/h6-7,10-11H,4-5,8-9H2,1-3H3,(H,22,27). The van der Waals surface area contributed by atoms with Crippen molar-refractivity contribution >= 4 is 22.6 Å². The molecule has 0 saturated heterocycles. The Morgan fingerprint density at radius 1 is 1.00 bits per heavy atom.